The van der Waals surface area contributed by atoms with E-state index < -0.39 is 0 Å². The fourth-order valence-electron chi connectivity index (χ4n) is 2.19. The lowest BCUT2D eigenvalue weighted by Gasteiger charge is -2.32. The Labute approximate surface area is 101 Å². The molecule has 0 aromatic carbocycles. The molecule has 0 N–H and O–H groups in total. The second kappa shape index (κ2) is 5.60. The summed E-state index contributed by atoms with van der Waals surface area (Å²) in [5, 5.41) is 8.99. The number of rotatable bonds is 3. The van der Waals surface area contributed by atoms with Crippen LogP contribution in [0.25, 0.3) is 0 Å². The van der Waals surface area contributed by atoms with Crippen molar-refractivity contribution in [1.29, 1.82) is 5.26 Å². The van der Waals surface area contributed by atoms with Gasteiger partial charge in [0.05, 0.1) is 0 Å². The maximum absolute atomic E-state index is 8.99. The van der Waals surface area contributed by atoms with Gasteiger partial charge in [-0.3, -0.25) is 0 Å². The van der Waals surface area contributed by atoms with Crippen LogP contribution in [0.3, 0.4) is 0 Å². The van der Waals surface area contributed by atoms with Gasteiger partial charge in [-0.25, -0.2) is 9.97 Å². The van der Waals surface area contributed by atoms with Gasteiger partial charge in [0, 0.05) is 39.2 Å². The molecule has 1 saturated heterocycles. The highest BCUT2D eigenvalue weighted by Gasteiger charge is 2.22. The number of nitriles is 1. The van der Waals surface area contributed by atoms with Crippen LogP contribution in [-0.4, -0.2) is 36.8 Å². The molecule has 1 fully saturated rings. The van der Waals surface area contributed by atoms with E-state index in [1.165, 1.54) is 0 Å². The van der Waals surface area contributed by atoms with Crippen LogP contribution in [0, 0.1) is 17.2 Å². The minimum atomic E-state index is 0.415. The molecule has 5 nitrogen and oxygen atoms in total. The Kier molecular flexibility index (Phi) is 3.89. The highest BCUT2D eigenvalue weighted by atomic mass is 16.5. The van der Waals surface area contributed by atoms with E-state index in [2.05, 4.69) is 20.9 Å². The van der Waals surface area contributed by atoms with Gasteiger partial charge in [-0.2, -0.15) is 5.26 Å². The summed E-state index contributed by atoms with van der Waals surface area (Å²) in [5.74, 6) is 1.34. The number of piperidine rings is 1. The van der Waals surface area contributed by atoms with E-state index in [1.807, 2.05) is 0 Å². The summed E-state index contributed by atoms with van der Waals surface area (Å²) in [7, 11) is 1.74. The Morgan fingerprint density at radius 3 is 2.76 bits per heavy atom. The SMILES string of the molecule is COCC1CCN(c2nccnc2C#N)CC1. The van der Waals surface area contributed by atoms with Crippen molar-refractivity contribution in [2.45, 2.75) is 12.8 Å². The van der Waals surface area contributed by atoms with E-state index in [4.69, 9.17) is 10.00 Å². The first-order valence-corrected chi connectivity index (χ1v) is 5.80. The van der Waals surface area contributed by atoms with Gasteiger partial charge in [-0.05, 0) is 18.8 Å². The molecule has 90 valence electrons. The van der Waals surface area contributed by atoms with Crippen molar-refractivity contribution >= 4 is 5.82 Å². The smallest absolute Gasteiger partial charge is 0.183 e. The van der Waals surface area contributed by atoms with Crippen molar-refractivity contribution in [1.82, 2.24) is 9.97 Å². The lowest BCUT2D eigenvalue weighted by atomic mass is 9.98. The van der Waals surface area contributed by atoms with Crippen LogP contribution in [0.2, 0.25) is 0 Å². The van der Waals surface area contributed by atoms with Gasteiger partial charge in [0.25, 0.3) is 0 Å². The van der Waals surface area contributed by atoms with Gasteiger partial charge in [0.15, 0.2) is 11.5 Å². The molecule has 0 radical (unpaired) electrons. The van der Waals surface area contributed by atoms with E-state index in [9.17, 15) is 0 Å². The van der Waals surface area contributed by atoms with Gasteiger partial charge in [0.2, 0.25) is 0 Å². The molecule has 0 aliphatic carbocycles. The number of aromatic nitrogens is 2. The van der Waals surface area contributed by atoms with Crippen molar-refractivity contribution in [3.63, 3.8) is 0 Å². The van der Waals surface area contributed by atoms with E-state index in [1.54, 1.807) is 19.5 Å². The molecule has 17 heavy (non-hydrogen) atoms. The molecule has 1 aliphatic heterocycles. The van der Waals surface area contributed by atoms with E-state index in [0.717, 1.165) is 32.5 Å². The Morgan fingerprint density at radius 2 is 2.12 bits per heavy atom. The zero-order valence-corrected chi connectivity index (χ0v) is 9.96. The molecule has 1 aromatic rings. The molecular formula is C12H16N4O. The molecule has 5 heteroatoms. The maximum Gasteiger partial charge on any atom is 0.183 e. The fraction of sp³-hybridized carbons (Fsp3) is 0.583. The summed E-state index contributed by atoms with van der Waals surface area (Å²) >= 11 is 0. The Hall–Kier alpha value is -1.67. The molecule has 0 spiro atoms. The van der Waals surface area contributed by atoms with Gasteiger partial charge in [-0.15, -0.1) is 0 Å². The van der Waals surface area contributed by atoms with Gasteiger partial charge in [0.1, 0.15) is 6.07 Å². The lowest BCUT2D eigenvalue weighted by Crippen LogP contribution is -2.36. The topological polar surface area (TPSA) is 62.0 Å². The average molecular weight is 232 g/mol. The third kappa shape index (κ3) is 2.71. The van der Waals surface area contributed by atoms with E-state index >= 15 is 0 Å². The molecule has 2 rings (SSSR count). The van der Waals surface area contributed by atoms with Crippen LogP contribution in [0.15, 0.2) is 12.4 Å². The van der Waals surface area contributed by atoms with E-state index in [0.29, 0.717) is 17.4 Å². The predicted octanol–water partition coefficient (Wildman–Crippen LogP) is 1.21. The first-order valence-electron chi connectivity index (χ1n) is 5.80. The minimum Gasteiger partial charge on any atom is -0.384 e. The second-order valence-electron chi connectivity index (χ2n) is 4.23. The molecule has 0 saturated carbocycles. The summed E-state index contributed by atoms with van der Waals surface area (Å²) in [4.78, 5) is 10.4. The van der Waals surface area contributed by atoms with Crippen molar-refractivity contribution in [3.8, 4) is 6.07 Å². The highest BCUT2D eigenvalue weighted by molar-refractivity contribution is 5.49. The summed E-state index contributed by atoms with van der Waals surface area (Å²) in [6, 6.07) is 2.09. The third-order valence-electron chi connectivity index (χ3n) is 3.10. The lowest BCUT2D eigenvalue weighted by molar-refractivity contribution is 0.139. The Morgan fingerprint density at radius 1 is 1.41 bits per heavy atom. The predicted molar refractivity (Wildman–Crippen MR) is 63.6 cm³/mol. The summed E-state index contributed by atoms with van der Waals surface area (Å²) in [5.41, 5.74) is 0.415. The number of ether oxygens (including phenoxy) is 1. The quantitative estimate of drug-likeness (QED) is 0.784. The third-order valence-corrected chi connectivity index (χ3v) is 3.10. The highest BCUT2D eigenvalue weighted by Crippen LogP contribution is 2.23. The maximum atomic E-state index is 8.99. The summed E-state index contributed by atoms with van der Waals surface area (Å²) in [6.45, 7) is 2.65. The first-order chi connectivity index (χ1) is 8.35. The zero-order chi connectivity index (χ0) is 12.1. The number of nitrogens with zero attached hydrogens (tertiary/aromatic N) is 4. The van der Waals surface area contributed by atoms with Gasteiger partial charge >= 0.3 is 0 Å². The van der Waals surface area contributed by atoms with Crippen LogP contribution in [0.5, 0.6) is 0 Å². The molecule has 0 amide bonds. The summed E-state index contributed by atoms with van der Waals surface area (Å²) < 4.78 is 5.17. The van der Waals surface area contributed by atoms with Crippen molar-refractivity contribution in [3.05, 3.63) is 18.1 Å². The van der Waals surface area contributed by atoms with Crippen LogP contribution in [-0.2, 0) is 4.74 Å². The second-order valence-corrected chi connectivity index (χ2v) is 4.23. The number of anilines is 1. The molecule has 2 heterocycles. The molecule has 0 atom stereocenters. The van der Waals surface area contributed by atoms with Crippen molar-refractivity contribution in [2.24, 2.45) is 5.92 Å². The fourth-order valence-corrected chi connectivity index (χ4v) is 2.19. The largest absolute Gasteiger partial charge is 0.384 e. The molecule has 1 aliphatic rings. The van der Waals surface area contributed by atoms with Crippen LogP contribution < -0.4 is 4.90 Å². The van der Waals surface area contributed by atoms with Crippen LogP contribution in [0.1, 0.15) is 18.5 Å². The summed E-state index contributed by atoms with van der Waals surface area (Å²) in [6.07, 6.45) is 5.35. The zero-order valence-electron chi connectivity index (χ0n) is 9.96. The average Bonchev–Trinajstić information content (AvgIpc) is 2.40. The number of methoxy groups -OCH3 is 1. The number of hydrogen-bond donors (Lipinski definition) is 0. The molecule has 0 bridgehead atoms. The Balaban J connectivity index is 2.03. The standard InChI is InChI=1S/C12H16N4O/c1-17-9-10-2-6-16(7-3-10)12-11(8-13)14-4-5-15-12/h4-5,10H,2-3,6-7,9H2,1H3. The van der Waals surface area contributed by atoms with Crippen LogP contribution >= 0.6 is 0 Å². The molecular weight excluding hydrogens is 216 g/mol. The Bertz CT molecular complexity index is 407. The monoisotopic (exact) mass is 232 g/mol. The first kappa shape index (κ1) is 11.8. The van der Waals surface area contributed by atoms with E-state index in [-0.39, 0.29) is 0 Å². The normalized spacial score (nSPS) is 16.8. The van der Waals surface area contributed by atoms with Crippen molar-refractivity contribution in [2.75, 3.05) is 31.7 Å². The van der Waals surface area contributed by atoms with Crippen molar-refractivity contribution < 1.29 is 4.74 Å². The molecule has 1 aromatic heterocycles. The minimum absolute atomic E-state index is 0.415. The van der Waals surface area contributed by atoms with Crippen LogP contribution in [0.4, 0.5) is 5.82 Å². The van der Waals surface area contributed by atoms with Gasteiger partial charge in [-0.1, -0.05) is 0 Å². The molecule has 0 unspecified atom stereocenters. The number of hydrogen-bond acceptors (Lipinski definition) is 5. The van der Waals surface area contributed by atoms with Gasteiger partial charge < -0.3 is 9.64 Å².